The summed E-state index contributed by atoms with van der Waals surface area (Å²) in [4.78, 5) is 0. The maximum Gasteiger partial charge on any atom is 0.418 e. The number of nitrogens with two attached hydrogens (primary N) is 1. The van der Waals surface area contributed by atoms with E-state index in [2.05, 4.69) is 4.72 Å². The largest absolute Gasteiger partial charge is 0.418 e. The maximum absolute atomic E-state index is 12.6. The summed E-state index contributed by atoms with van der Waals surface area (Å²) < 4.78 is 68.0. The van der Waals surface area contributed by atoms with E-state index < -0.39 is 27.5 Å². The molecular weight excluding hydrogens is 297 g/mol. The number of hydrogen-bond acceptors (Lipinski definition) is 4. The Balaban J connectivity index is 2.88. The Hall–Kier alpha value is -1.48. The van der Waals surface area contributed by atoms with Gasteiger partial charge in [0.1, 0.15) is 0 Å². The third-order valence-electron chi connectivity index (χ3n) is 2.39. The number of halogens is 3. The van der Waals surface area contributed by atoms with E-state index in [1.165, 1.54) is 13.2 Å². The summed E-state index contributed by atoms with van der Waals surface area (Å²) in [5.74, 6) is -0.243. The highest BCUT2D eigenvalue weighted by Gasteiger charge is 2.33. The van der Waals surface area contributed by atoms with Gasteiger partial charge < -0.3 is 10.5 Å². The third-order valence-corrected chi connectivity index (χ3v) is 3.77. The molecule has 0 fully saturated rings. The van der Waals surface area contributed by atoms with Crippen molar-refractivity contribution >= 4 is 21.4 Å². The topological polar surface area (TPSA) is 81.4 Å². The number of alkyl halides is 3. The zero-order valence-electron chi connectivity index (χ0n) is 10.7. The van der Waals surface area contributed by atoms with Crippen molar-refractivity contribution in [1.82, 2.24) is 0 Å². The zero-order chi connectivity index (χ0) is 15.4. The molecule has 0 aliphatic heterocycles. The first-order valence-electron chi connectivity index (χ1n) is 5.62. The highest BCUT2D eigenvalue weighted by Crippen LogP contribution is 2.35. The number of sulfonamides is 1. The minimum absolute atomic E-state index is 0.177. The fourth-order valence-electron chi connectivity index (χ4n) is 1.49. The van der Waals surface area contributed by atoms with Crippen LogP contribution < -0.4 is 10.5 Å². The molecule has 9 heteroatoms. The van der Waals surface area contributed by atoms with E-state index in [-0.39, 0.29) is 24.5 Å². The zero-order valence-corrected chi connectivity index (χ0v) is 11.5. The fraction of sp³-hybridized carbons (Fsp3) is 0.455. The normalized spacial score (nSPS) is 12.4. The molecule has 0 atom stereocenters. The Morgan fingerprint density at radius 1 is 1.35 bits per heavy atom. The van der Waals surface area contributed by atoms with Crippen molar-refractivity contribution in [2.45, 2.75) is 12.6 Å². The molecule has 0 unspecified atom stereocenters. The molecule has 0 amide bonds. The van der Waals surface area contributed by atoms with Crippen molar-refractivity contribution in [3.8, 4) is 0 Å². The van der Waals surface area contributed by atoms with Crippen LogP contribution in [0.3, 0.4) is 0 Å². The molecule has 114 valence electrons. The summed E-state index contributed by atoms with van der Waals surface area (Å²) in [5, 5.41) is 0. The van der Waals surface area contributed by atoms with Crippen LogP contribution >= 0.6 is 0 Å². The van der Waals surface area contributed by atoms with Crippen LogP contribution in [-0.2, 0) is 20.9 Å². The van der Waals surface area contributed by atoms with Gasteiger partial charge in [0.05, 0.1) is 11.3 Å². The molecule has 3 N–H and O–H groups in total. The molecule has 1 aromatic carbocycles. The predicted molar refractivity (Wildman–Crippen MR) is 69.8 cm³/mol. The lowest BCUT2D eigenvalue weighted by Crippen LogP contribution is -2.18. The molecule has 0 spiro atoms. The van der Waals surface area contributed by atoms with Gasteiger partial charge in [-0.3, -0.25) is 4.72 Å². The molecule has 20 heavy (non-hydrogen) atoms. The third kappa shape index (κ3) is 4.89. The average Bonchev–Trinajstić information content (AvgIpc) is 2.30. The van der Waals surface area contributed by atoms with Crippen LogP contribution in [0.1, 0.15) is 12.0 Å². The Morgan fingerprint density at radius 2 is 2.00 bits per heavy atom. The summed E-state index contributed by atoms with van der Waals surface area (Å²) >= 11 is 0. The Kier molecular flexibility index (Phi) is 5.23. The van der Waals surface area contributed by atoms with E-state index in [0.717, 1.165) is 6.07 Å². The number of methoxy groups -OCH3 is 1. The van der Waals surface area contributed by atoms with Crippen molar-refractivity contribution in [3.05, 3.63) is 23.8 Å². The quantitative estimate of drug-likeness (QED) is 0.622. The number of hydrogen-bond donors (Lipinski definition) is 2. The van der Waals surface area contributed by atoms with Crippen LogP contribution in [0, 0.1) is 0 Å². The lowest BCUT2D eigenvalue weighted by Gasteiger charge is -2.13. The van der Waals surface area contributed by atoms with Gasteiger partial charge in [0.2, 0.25) is 10.0 Å². The molecule has 0 aliphatic carbocycles. The van der Waals surface area contributed by atoms with E-state index >= 15 is 0 Å². The predicted octanol–water partition coefficient (Wildman–Crippen LogP) is 2.07. The summed E-state index contributed by atoms with van der Waals surface area (Å²) in [6.07, 6.45) is -4.39. The van der Waals surface area contributed by atoms with E-state index in [0.29, 0.717) is 6.07 Å². The maximum atomic E-state index is 12.6. The molecule has 5 nitrogen and oxygen atoms in total. The van der Waals surface area contributed by atoms with Crippen LogP contribution in [0.5, 0.6) is 0 Å². The Bertz CT molecular complexity index is 559. The number of nitrogens with one attached hydrogen (secondary N) is 1. The minimum Gasteiger partial charge on any atom is -0.398 e. The molecular formula is C11H15F3N2O3S. The molecule has 0 saturated carbocycles. The van der Waals surface area contributed by atoms with Crippen molar-refractivity contribution in [2.75, 3.05) is 29.9 Å². The summed E-state index contributed by atoms with van der Waals surface area (Å²) in [5.41, 5.74) is 3.51. The van der Waals surface area contributed by atoms with Crippen LogP contribution in [0.15, 0.2) is 18.2 Å². The first-order valence-corrected chi connectivity index (χ1v) is 7.27. The van der Waals surface area contributed by atoms with Crippen LogP contribution in [0.4, 0.5) is 24.5 Å². The highest BCUT2D eigenvalue weighted by molar-refractivity contribution is 7.92. The number of rotatable bonds is 6. The van der Waals surface area contributed by atoms with Gasteiger partial charge in [0.15, 0.2) is 0 Å². The highest BCUT2D eigenvalue weighted by atomic mass is 32.2. The number of benzene rings is 1. The summed E-state index contributed by atoms with van der Waals surface area (Å²) in [6, 6.07) is 2.86. The van der Waals surface area contributed by atoms with Crippen LogP contribution in [0.2, 0.25) is 0 Å². The lowest BCUT2D eigenvalue weighted by atomic mass is 10.1. The SMILES string of the molecule is COCCCS(=O)(=O)Nc1ccc(N)c(C(F)(F)F)c1. The molecule has 0 saturated heterocycles. The minimum atomic E-state index is -4.64. The number of ether oxygens (including phenoxy) is 1. The second kappa shape index (κ2) is 6.31. The van der Waals surface area contributed by atoms with Gasteiger partial charge in [-0.15, -0.1) is 0 Å². The second-order valence-corrected chi connectivity index (χ2v) is 5.91. The Morgan fingerprint density at radius 3 is 2.55 bits per heavy atom. The van der Waals surface area contributed by atoms with E-state index in [4.69, 9.17) is 10.5 Å². The van der Waals surface area contributed by atoms with Gasteiger partial charge in [0, 0.05) is 25.1 Å². The first-order chi connectivity index (χ1) is 9.15. The molecule has 1 rings (SSSR count). The van der Waals surface area contributed by atoms with Gasteiger partial charge >= 0.3 is 6.18 Å². The first kappa shape index (κ1) is 16.6. The van der Waals surface area contributed by atoms with Gasteiger partial charge in [-0.05, 0) is 24.6 Å². The van der Waals surface area contributed by atoms with Gasteiger partial charge in [-0.1, -0.05) is 0 Å². The molecule has 0 radical (unpaired) electrons. The molecule has 0 heterocycles. The molecule has 1 aromatic rings. The standard InChI is InChI=1S/C11H15F3N2O3S/c1-19-5-2-6-20(17,18)16-8-3-4-10(15)9(7-8)11(12,13)14/h3-4,7,16H,2,5-6,15H2,1H3. The lowest BCUT2D eigenvalue weighted by molar-refractivity contribution is -0.136. The van der Waals surface area contributed by atoms with E-state index in [1.54, 1.807) is 0 Å². The summed E-state index contributed by atoms with van der Waals surface area (Å²) in [6.45, 7) is 0.246. The summed E-state index contributed by atoms with van der Waals surface area (Å²) in [7, 11) is -2.29. The van der Waals surface area contributed by atoms with E-state index in [9.17, 15) is 21.6 Å². The monoisotopic (exact) mass is 312 g/mol. The van der Waals surface area contributed by atoms with Crippen molar-refractivity contribution in [2.24, 2.45) is 0 Å². The van der Waals surface area contributed by atoms with Crippen molar-refractivity contribution in [3.63, 3.8) is 0 Å². The Labute approximate surface area is 115 Å². The molecule has 0 aliphatic rings. The van der Waals surface area contributed by atoms with Gasteiger partial charge in [-0.2, -0.15) is 13.2 Å². The van der Waals surface area contributed by atoms with Gasteiger partial charge in [0.25, 0.3) is 0 Å². The number of anilines is 2. The average molecular weight is 312 g/mol. The molecule has 0 bridgehead atoms. The second-order valence-electron chi connectivity index (χ2n) is 4.07. The van der Waals surface area contributed by atoms with Crippen molar-refractivity contribution < 1.29 is 26.3 Å². The van der Waals surface area contributed by atoms with Gasteiger partial charge in [-0.25, -0.2) is 8.42 Å². The molecule has 0 aromatic heterocycles. The van der Waals surface area contributed by atoms with Crippen LogP contribution in [0.25, 0.3) is 0 Å². The van der Waals surface area contributed by atoms with Crippen LogP contribution in [-0.4, -0.2) is 27.9 Å². The smallest absolute Gasteiger partial charge is 0.398 e. The number of nitrogen functional groups attached to an aromatic ring is 1. The fourth-order valence-corrected chi connectivity index (χ4v) is 2.58. The van der Waals surface area contributed by atoms with E-state index in [1.807, 2.05) is 0 Å². The van der Waals surface area contributed by atoms with Crippen molar-refractivity contribution in [1.29, 1.82) is 0 Å².